The van der Waals surface area contributed by atoms with Crippen molar-refractivity contribution in [3.05, 3.63) is 52.3 Å². The van der Waals surface area contributed by atoms with Crippen LogP contribution in [0.5, 0.6) is 11.5 Å². The number of hydrogen-bond donors (Lipinski definition) is 2. The second-order valence-electron chi connectivity index (χ2n) is 6.03. The van der Waals surface area contributed by atoms with Crippen molar-refractivity contribution < 1.29 is 28.5 Å². The number of carboxylic acid groups (broad SMARTS) is 1. The summed E-state index contributed by atoms with van der Waals surface area (Å²) in [7, 11) is 2.98. The maximum atomic E-state index is 14.1. The molecule has 0 saturated heterocycles. The molecule has 2 atom stereocenters. The molecular weight excluding hydrogens is 409 g/mol. The van der Waals surface area contributed by atoms with Gasteiger partial charge in [0.15, 0.2) is 11.5 Å². The molecule has 1 heterocycles. The van der Waals surface area contributed by atoms with E-state index < -0.39 is 24.0 Å². The Morgan fingerprint density at radius 2 is 2.07 bits per heavy atom. The van der Waals surface area contributed by atoms with Crippen LogP contribution in [0.1, 0.15) is 23.7 Å². The topological polar surface area (TPSA) is 77.0 Å². The van der Waals surface area contributed by atoms with Crippen LogP contribution in [0.15, 0.2) is 30.3 Å². The van der Waals surface area contributed by atoms with E-state index in [9.17, 15) is 14.3 Å². The van der Waals surface area contributed by atoms with Crippen molar-refractivity contribution in [2.75, 3.05) is 19.5 Å². The van der Waals surface area contributed by atoms with Gasteiger partial charge in [-0.2, -0.15) is 0 Å². The minimum absolute atomic E-state index is 0.0985. The van der Waals surface area contributed by atoms with E-state index in [1.165, 1.54) is 26.4 Å². The fourth-order valence-corrected chi connectivity index (χ4v) is 3.48. The molecule has 0 fully saturated rings. The Morgan fingerprint density at radius 1 is 1.32 bits per heavy atom. The average Bonchev–Trinajstić information content (AvgIpc) is 2.78. The molecule has 9 heteroatoms. The van der Waals surface area contributed by atoms with Crippen LogP contribution in [0, 0.1) is 5.82 Å². The van der Waals surface area contributed by atoms with E-state index in [1.54, 1.807) is 18.2 Å². The van der Waals surface area contributed by atoms with Gasteiger partial charge in [0.2, 0.25) is 0 Å². The van der Waals surface area contributed by atoms with E-state index in [2.05, 4.69) is 5.32 Å². The lowest BCUT2D eigenvalue weighted by Gasteiger charge is -2.24. The second-order valence-corrected chi connectivity index (χ2v) is 6.88. The van der Waals surface area contributed by atoms with Gasteiger partial charge in [-0.15, -0.1) is 0 Å². The summed E-state index contributed by atoms with van der Waals surface area (Å²) >= 11 is 11.3. The fraction of sp³-hybridized carbons (Fsp3) is 0.263. The number of aliphatic carboxylic acids is 1. The Balaban J connectivity index is 2.21. The molecule has 0 aromatic heterocycles. The SMILES string of the molecule is COc1cccc([C@H]2O[C@H](CC(=O)O)C(=S)Nc3cc(F)c(Cl)cc32)c1OC. The van der Waals surface area contributed by atoms with Gasteiger partial charge >= 0.3 is 5.97 Å². The standard InChI is InChI=1S/C19H17ClFNO5S/c1-25-14-5-3-4-9(18(14)26-2)17-10-6-11(20)12(21)7-13(10)22-19(28)15(27-17)8-16(23)24/h3-7,15,17H,8H2,1-2H3,(H,22,28)(H,23,24)/t15-,17-/m1/s1. The number of carbonyl (C=O) groups is 1. The summed E-state index contributed by atoms with van der Waals surface area (Å²) in [5.41, 5.74) is 1.40. The lowest BCUT2D eigenvalue weighted by molar-refractivity contribution is -0.139. The molecule has 0 spiro atoms. The molecule has 0 amide bonds. The third-order valence-electron chi connectivity index (χ3n) is 4.30. The number of anilines is 1. The molecule has 0 aliphatic carbocycles. The number of rotatable bonds is 5. The zero-order valence-electron chi connectivity index (χ0n) is 15.0. The first-order chi connectivity index (χ1) is 13.3. The second kappa shape index (κ2) is 8.30. The van der Waals surface area contributed by atoms with Crippen molar-refractivity contribution in [3.63, 3.8) is 0 Å². The highest BCUT2D eigenvalue weighted by atomic mass is 35.5. The lowest BCUT2D eigenvalue weighted by atomic mass is 9.98. The van der Waals surface area contributed by atoms with E-state index in [4.69, 9.17) is 38.0 Å². The maximum Gasteiger partial charge on any atom is 0.306 e. The zero-order chi connectivity index (χ0) is 20.4. The number of thiocarbonyl (C=S) groups is 1. The highest BCUT2D eigenvalue weighted by molar-refractivity contribution is 7.80. The molecule has 1 aliphatic rings. The fourth-order valence-electron chi connectivity index (χ4n) is 3.06. The Bertz CT molecular complexity index is 939. The smallest absolute Gasteiger partial charge is 0.306 e. The summed E-state index contributed by atoms with van der Waals surface area (Å²) in [6, 6.07) is 7.84. The van der Waals surface area contributed by atoms with Gasteiger partial charge < -0.3 is 24.6 Å². The molecule has 2 aromatic carbocycles. The third-order valence-corrected chi connectivity index (χ3v) is 4.96. The van der Waals surface area contributed by atoms with Gasteiger partial charge in [-0.05, 0) is 18.2 Å². The van der Waals surface area contributed by atoms with Gasteiger partial charge in [-0.1, -0.05) is 36.0 Å². The molecule has 0 unspecified atom stereocenters. The van der Waals surface area contributed by atoms with Gasteiger partial charge in [-0.25, -0.2) is 4.39 Å². The molecule has 2 N–H and O–H groups in total. The highest BCUT2D eigenvalue weighted by Gasteiger charge is 2.34. The minimum Gasteiger partial charge on any atom is -0.493 e. The van der Waals surface area contributed by atoms with E-state index in [-0.39, 0.29) is 16.4 Å². The molecule has 3 rings (SSSR count). The quantitative estimate of drug-likeness (QED) is 0.695. The van der Waals surface area contributed by atoms with Crippen LogP contribution in [0.4, 0.5) is 10.1 Å². The summed E-state index contributed by atoms with van der Waals surface area (Å²) in [6.45, 7) is 0. The van der Waals surface area contributed by atoms with Crippen LogP contribution >= 0.6 is 23.8 Å². The molecule has 1 aliphatic heterocycles. The van der Waals surface area contributed by atoms with Crippen molar-refractivity contribution >= 4 is 40.5 Å². The molecule has 28 heavy (non-hydrogen) atoms. The molecule has 0 bridgehead atoms. The molecule has 148 valence electrons. The first-order valence-corrected chi connectivity index (χ1v) is 9.02. The number of benzene rings is 2. The van der Waals surface area contributed by atoms with Crippen molar-refractivity contribution in [2.24, 2.45) is 0 Å². The van der Waals surface area contributed by atoms with Gasteiger partial charge in [0.05, 0.1) is 25.7 Å². The summed E-state index contributed by atoms with van der Waals surface area (Å²) < 4.78 is 31.0. The lowest BCUT2D eigenvalue weighted by Crippen LogP contribution is -2.30. The van der Waals surface area contributed by atoms with Crippen LogP contribution in [-0.2, 0) is 9.53 Å². The van der Waals surface area contributed by atoms with Crippen molar-refractivity contribution in [2.45, 2.75) is 18.6 Å². The number of methoxy groups -OCH3 is 2. The summed E-state index contributed by atoms with van der Waals surface area (Å²) in [5, 5.41) is 12.0. The van der Waals surface area contributed by atoms with Crippen LogP contribution in [0.25, 0.3) is 0 Å². The Hall–Kier alpha value is -2.42. The normalized spacial score (nSPS) is 18.6. The average molecular weight is 426 g/mol. The monoisotopic (exact) mass is 425 g/mol. The predicted octanol–water partition coefficient (Wildman–Crippen LogP) is 4.20. The first kappa shape index (κ1) is 20.3. The largest absolute Gasteiger partial charge is 0.493 e. The van der Waals surface area contributed by atoms with E-state index >= 15 is 0 Å². The van der Waals surface area contributed by atoms with E-state index in [0.717, 1.165) is 0 Å². The Morgan fingerprint density at radius 3 is 2.71 bits per heavy atom. The molecular formula is C19H17ClFNO5S. The maximum absolute atomic E-state index is 14.1. The summed E-state index contributed by atoms with van der Waals surface area (Å²) in [4.78, 5) is 11.4. The Labute approximate surface area is 171 Å². The number of para-hydroxylation sites is 1. The number of halogens is 2. The van der Waals surface area contributed by atoms with Gasteiger partial charge in [0, 0.05) is 16.8 Å². The van der Waals surface area contributed by atoms with Crippen molar-refractivity contribution in [3.8, 4) is 11.5 Å². The van der Waals surface area contributed by atoms with Crippen LogP contribution in [0.3, 0.4) is 0 Å². The third kappa shape index (κ3) is 3.89. The van der Waals surface area contributed by atoms with Gasteiger partial charge in [-0.3, -0.25) is 4.79 Å². The molecule has 0 saturated carbocycles. The Kier molecular flexibility index (Phi) is 6.02. The number of hydrogen-bond acceptors (Lipinski definition) is 5. The predicted molar refractivity (Wildman–Crippen MR) is 106 cm³/mol. The number of carboxylic acids is 1. The minimum atomic E-state index is -1.08. The molecule has 6 nitrogen and oxygen atoms in total. The van der Waals surface area contributed by atoms with E-state index in [1.807, 2.05) is 0 Å². The molecule has 2 aromatic rings. The number of ether oxygens (including phenoxy) is 3. The van der Waals surface area contributed by atoms with Crippen LogP contribution in [0.2, 0.25) is 5.02 Å². The van der Waals surface area contributed by atoms with Crippen molar-refractivity contribution in [1.29, 1.82) is 0 Å². The number of fused-ring (bicyclic) bond motifs is 1. The molecule has 0 radical (unpaired) electrons. The van der Waals surface area contributed by atoms with Gasteiger partial charge in [0.25, 0.3) is 0 Å². The zero-order valence-corrected chi connectivity index (χ0v) is 16.6. The summed E-state index contributed by atoms with van der Waals surface area (Å²) in [6.07, 6.45) is -2.13. The first-order valence-electron chi connectivity index (χ1n) is 8.23. The van der Waals surface area contributed by atoms with Crippen LogP contribution in [-0.4, -0.2) is 36.4 Å². The highest BCUT2D eigenvalue weighted by Crippen LogP contribution is 2.44. The van der Waals surface area contributed by atoms with Crippen molar-refractivity contribution in [1.82, 2.24) is 0 Å². The van der Waals surface area contributed by atoms with Crippen LogP contribution < -0.4 is 14.8 Å². The summed E-state index contributed by atoms with van der Waals surface area (Å²) in [5.74, 6) is -0.847. The van der Waals surface area contributed by atoms with Gasteiger partial charge in [0.1, 0.15) is 23.0 Å². The number of nitrogens with one attached hydrogen (secondary N) is 1. The van der Waals surface area contributed by atoms with E-state index in [0.29, 0.717) is 28.3 Å².